The Bertz CT molecular complexity index is 479. The summed E-state index contributed by atoms with van der Waals surface area (Å²) in [6.45, 7) is 4.40. The van der Waals surface area contributed by atoms with E-state index in [2.05, 4.69) is 37.0 Å². The highest BCUT2D eigenvalue weighted by Gasteiger charge is 2.01. The van der Waals surface area contributed by atoms with Crippen LogP contribution in [0, 0.1) is 3.95 Å². The van der Waals surface area contributed by atoms with Crippen LogP contribution < -0.4 is 0 Å². The molecular formula is C10H11NS2. The Kier molecular flexibility index (Phi) is 2.22. The van der Waals surface area contributed by atoms with Crippen molar-refractivity contribution in [3.05, 3.63) is 27.7 Å². The maximum Gasteiger partial charge on any atom is 0.159 e. The van der Waals surface area contributed by atoms with Crippen molar-refractivity contribution in [2.75, 3.05) is 0 Å². The number of hydrogen-bond donors (Lipinski definition) is 1. The van der Waals surface area contributed by atoms with Crippen LogP contribution in [0.25, 0.3) is 10.2 Å². The van der Waals surface area contributed by atoms with E-state index in [0.29, 0.717) is 5.92 Å². The molecule has 0 unspecified atom stereocenters. The minimum Gasteiger partial charge on any atom is -0.337 e. The van der Waals surface area contributed by atoms with Gasteiger partial charge < -0.3 is 4.98 Å². The fraction of sp³-hybridized carbons (Fsp3) is 0.300. The summed E-state index contributed by atoms with van der Waals surface area (Å²) >= 11 is 6.73. The molecule has 0 aliphatic heterocycles. The molecular weight excluding hydrogens is 198 g/mol. The number of benzene rings is 1. The maximum absolute atomic E-state index is 5.08. The van der Waals surface area contributed by atoms with E-state index in [4.69, 9.17) is 12.2 Å². The van der Waals surface area contributed by atoms with Crippen molar-refractivity contribution in [2.45, 2.75) is 19.8 Å². The van der Waals surface area contributed by atoms with Gasteiger partial charge in [-0.1, -0.05) is 19.9 Å². The normalized spacial score (nSPS) is 11.3. The van der Waals surface area contributed by atoms with Crippen LogP contribution in [0.15, 0.2) is 18.2 Å². The summed E-state index contributed by atoms with van der Waals surface area (Å²) in [5.74, 6) is 0.583. The second-order valence-electron chi connectivity index (χ2n) is 3.42. The first-order valence-corrected chi connectivity index (χ1v) is 5.52. The molecule has 1 heterocycles. The molecule has 2 rings (SSSR count). The average molecular weight is 209 g/mol. The Balaban J connectivity index is 2.68. The Morgan fingerprint density at radius 1 is 1.38 bits per heavy atom. The first kappa shape index (κ1) is 8.91. The summed E-state index contributed by atoms with van der Waals surface area (Å²) in [5.41, 5.74) is 2.53. The van der Waals surface area contributed by atoms with Gasteiger partial charge in [0.2, 0.25) is 0 Å². The number of H-pyrrole nitrogens is 1. The molecule has 3 heteroatoms. The Morgan fingerprint density at radius 3 is 2.85 bits per heavy atom. The lowest BCUT2D eigenvalue weighted by atomic mass is 10.0. The first-order chi connectivity index (χ1) is 6.16. The van der Waals surface area contributed by atoms with Gasteiger partial charge in [-0.2, -0.15) is 0 Å². The summed E-state index contributed by atoms with van der Waals surface area (Å²) in [7, 11) is 0. The van der Waals surface area contributed by atoms with Crippen LogP contribution >= 0.6 is 23.6 Å². The van der Waals surface area contributed by atoms with E-state index in [0.717, 1.165) is 9.47 Å². The minimum absolute atomic E-state index is 0.583. The molecule has 1 aromatic heterocycles. The average Bonchev–Trinajstić information content (AvgIpc) is 2.42. The molecule has 0 amide bonds. The zero-order valence-corrected chi connectivity index (χ0v) is 9.26. The van der Waals surface area contributed by atoms with Crippen LogP contribution in [0.5, 0.6) is 0 Å². The second-order valence-corrected chi connectivity index (χ2v) is 5.14. The molecule has 1 nitrogen and oxygen atoms in total. The molecule has 1 N–H and O–H groups in total. The molecule has 0 radical (unpaired) electrons. The minimum atomic E-state index is 0.583. The standard InChI is InChI=1S/C10H11NS2/c1-6(2)7-3-4-8-9(5-7)13-10(12)11-8/h3-6H,1-2H3,(H,11,12). The van der Waals surface area contributed by atoms with Crippen LogP contribution in [0.3, 0.4) is 0 Å². The van der Waals surface area contributed by atoms with Crippen molar-refractivity contribution < 1.29 is 0 Å². The van der Waals surface area contributed by atoms with E-state index in [1.165, 1.54) is 10.3 Å². The molecule has 2 aromatic rings. The van der Waals surface area contributed by atoms with Crippen LogP contribution in [-0.4, -0.2) is 4.98 Å². The Labute approximate surface area is 86.4 Å². The SMILES string of the molecule is CC(C)c1ccc2[nH]c(=S)sc2c1. The topological polar surface area (TPSA) is 15.8 Å². The zero-order chi connectivity index (χ0) is 9.42. The highest BCUT2D eigenvalue weighted by atomic mass is 32.1. The third-order valence-electron chi connectivity index (χ3n) is 2.11. The number of nitrogens with one attached hydrogen (secondary N) is 1. The smallest absolute Gasteiger partial charge is 0.159 e. The van der Waals surface area contributed by atoms with E-state index in [9.17, 15) is 0 Å². The second kappa shape index (κ2) is 3.24. The zero-order valence-electron chi connectivity index (χ0n) is 7.63. The van der Waals surface area contributed by atoms with Gasteiger partial charge in [0.15, 0.2) is 3.95 Å². The van der Waals surface area contributed by atoms with Gasteiger partial charge in [0.25, 0.3) is 0 Å². The largest absolute Gasteiger partial charge is 0.337 e. The summed E-state index contributed by atoms with van der Waals surface area (Å²) < 4.78 is 2.12. The summed E-state index contributed by atoms with van der Waals surface area (Å²) in [5, 5.41) is 0. The third kappa shape index (κ3) is 1.67. The number of fused-ring (bicyclic) bond motifs is 1. The van der Waals surface area contributed by atoms with Crippen LogP contribution in [0.4, 0.5) is 0 Å². The van der Waals surface area contributed by atoms with Crippen molar-refractivity contribution in [3.8, 4) is 0 Å². The lowest BCUT2D eigenvalue weighted by molar-refractivity contribution is 0.869. The summed E-state index contributed by atoms with van der Waals surface area (Å²) in [6, 6.07) is 6.49. The third-order valence-corrected chi connectivity index (χ3v) is 3.31. The van der Waals surface area contributed by atoms with E-state index < -0.39 is 0 Å². The van der Waals surface area contributed by atoms with E-state index in [1.54, 1.807) is 11.3 Å². The van der Waals surface area contributed by atoms with Gasteiger partial charge in [-0.25, -0.2) is 0 Å². The fourth-order valence-corrected chi connectivity index (χ4v) is 2.49. The van der Waals surface area contributed by atoms with E-state index in [-0.39, 0.29) is 0 Å². The lowest BCUT2D eigenvalue weighted by Gasteiger charge is -2.03. The molecule has 0 saturated carbocycles. The number of rotatable bonds is 1. The molecule has 0 bridgehead atoms. The van der Waals surface area contributed by atoms with Crippen molar-refractivity contribution in [1.29, 1.82) is 0 Å². The number of aromatic nitrogens is 1. The van der Waals surface area contributed by atoms with Crippen LogP contribution in [0.1, 0.15) is 25.3 Å². The maximum atomic E-state index is 5.08. The molecule has 0 fully saturated rings. The van der Waals surface area contributed by atoms with Gasteiger partial charge in [-0.15, -0.1) is 11.3 Å². The number of hydrogen-bond acceptors (Lipinski definition) is 2. The van der Waals surface area contributed by atoms with Crippen molar-refractivity contribution in [2.24, 2.45) is 0 Å². The predicted octanol–water partition coefficient (Wildman–Crippen LogP) is 4.08. The van der Waals surface area contributed by atoms with Gasteiger partial charge >= 0.3 is 0 Å². The number of thiazole rings is 1. The molecule has 0 aliphatic rings. The first-order valence-electron chi connectivity index (χ1n) is 4.29. The van der Waals surface area contributed by atoms with Crippen LogP contribution in [0.2, 0.25) is 0 Å². The van der Waals surface area contributed by atoms with Crippen molar-refractivity contribution >= 4 is 33.8 Å². The molecule has 0 saturated heterocycles. The quantitative estimate of drug-likeness (QED) is 0.700. The molecule has 68 valence electrons. The molecule has 13 heavy (non-hydrogen) atoms. The highest BCUT2D eigenvalue weighted by molar-refractivity contribution is 7.73. The lowest BCUT2D eigenvalue weighted by Crippen LogP contribution is -1.84. The monoisotopic (exact) mass is 209 g/mol. The molecule has 1 aromatic carbocycles. The summed E-state index contributed by atoms with van der Waals surface area (Å²) in [4.78, 5) is 3.16. The highest BCUT2D eigenvalue weighted by Crippen LogP contribution is 2.24. The van der Waals surface area contributed by atoms with Crippen molar-refractivity contribution in [3.63, 3.8) is 0 Å². The molecule has 0 aliphatic carbocycles. The predicted molar refractivity (Wildman–Crippen MR) is 61.1 cm³/mol. The van der Waals surface area contributed by atoms with Gasteiger partial charge in [0.05, 0.1) is 10.2 Å². The van der Waals surface area contributed by atoms with Gasteiger partial charge in [-0.3, -0.25) is 0 Å². The van der Waals surface area contributed by atoms with E-state index in [1.807, 2.05) is 0 Å². The van der Waals surface area contributed by atoms with Gasteiger partial charge in [-0.05, 0) is 35.8 Å². The Morgan fingerprint density at radius 2 is 2.15 bits per heavy atom. The van der Waals surface area contributed by atoms with Crippen LogP contribution in [-0.2, 0) is 0 Å². The number of aromatic amines is 1. The van der Waals surface area contributed by atoms with Gasteiger partial charge in [0, 0.05) is 0 Å². The summed E-state index contributed by atoms with van der Waals surface area (Å²) in [6.07, 6.45) is 0. The van der Waals surface area contributed by atoms with Crippen molar-refractivity contribution in [1.82, 2.24) is 4.98 Å². The molecule has 0 spiro atoms. The Hall–Kier alpha value is -0.670. The molecule has 0 atom stereocenters. The van der Waals surface area contributed by atoms with Gasteiger partial charge in [0.1, 0.15) is 0 Å². The van der Waals surface area contributed by atoms with E-state index >= 15 is 0 Å². The fourth-order valence-electron chi connectivity index (χ4n) is 1.32.